The number of benzene rings is 3. The molecule has 3 heteroatoms. The lowest BCUT2D eigenvalue weighted by atomic mass is 10.0. The largest absolute Gasteiger partial charge is 0.447 e. The highest BCUT2D eigenvalue weighted by atomic mass is 16.5. The minimum atomic E-state index is -0.578. The van der Waals surface area contributed by atoms with Gasteiger partial charge < -0.3 is 4.74 Å². The van der Waals surface area contributed by atoms with E-state index < -0.39 is 6.10 Å². The summed E-state index contributed by atoms with van der Waals surface area (Å²) in [7, 11) is 0. The van der Waals surface area contributed by atoms with Crippen molar-refractivity contribution in [1.82, 2.24) is 4.98 Å². The molecule has 4 rings (SSSR count). The minimum absolute atomic E-state index is 0.362. The van der Waals surface area contributed by atoms with Gasteiger partial charge in [-0.15, -0.1) is 0 Å². The number of aromatic nitrogens is 1. The fraction of sp³-hybridized carbons (Fsp3) is 0.0833. The van der Waals surface area contributed by atoms with Crippen LogP contribution in [0.3, 0.4) is 0 Å². The second-order valence-electron chi connectivity index (χ2n) is 6.48. The van der Waals surface area contributed by atoms with Gasteiger partial charge in [-0.25, -0.2) is 4.79 Å². The maximum atomic E-state index is 12.8. The molecule has 4 aromatic rings. The molecule has 1 heterocycles. The summed E-state index contributed by atoms with van der Waals surface area (Å²) in [6, 6.07) is 27.1. The van der Waals surface area contributed by atoms with E-state index in [-0.39, 0.29) is 5.97 Å². The standard InChI is InChI=1S/C24H19NO2/c1-17-11-13-20(14-12-17)24(26)27-23(19-8-3-2-4-9-19)22-21-10-6-5-7-18(21)15-16-25-22/h2-16,23H,1H3/t23-/m1/s1. The molecule has 0 aliphatic heterocycles. The van der Waals surface area contributed by atoms with Crippen molar-refractivity contribution >= 4 is 16.7 Å². The Hall–Kier alpha value is -3.46. The second kappa shape index (κ2) is 7.42. The Morgan fingerprint density at radius 2 is 1.56 bits per heavy atom. The molecule has 0 N–H and O–H groups in total. The number of rotatable bonds is 4. The summed E-state index contributed by atoms with van der Waals surface area (Å²) in [5, 5.41) is 2.04. The number of carbonyl (C=O) groups excluding carboxylic acids is 1. The van der Waals surface area contributed by atoms with Crippen LogP contribution in [0.5, 0.6) is 0 Å². The molecule has 3 nitrogen and oxygen atoms in total. The predicted molar refractivity (Wildman–Crippen MR) is 107 cm³/mol. The summed E-state index contributed by atoms with van der Waals surface area (Å²) < 4.78 is 5.96. The van der Waals surface area contributed by atoms with Crippen LogP contribution in [0.15, 0.2) is 91.1 Å². The van der Waals surface area contributed by atoms with Crippen LogP contribution in [0.2, 0.25) is 0 Å². The first kappa shape index (κ1) is 17.0. The third-order valence-corrected chi connectivity index (χ3v) is 4.57. The van der Waals surface area contributed by atoms with Gasteiger partial charge in [0.25, 0.3) is 0 Å². The molecule has 1 aromatic heterocycles. The van der Waals surface area contributed by atoms with Crippen LogP contribution in [0, 0.1) is 6.92 Å². The first-order chi connectivity index (χ1) is 13.2. The van der Waals surface area contributed by atoms with E-state index in [4.69, 9.17) is 4.74 Å². The Morgan fingerprint density at radius 3 is 2.33 bits per heavy atom. The van der Waals surface area contributed by atoms with Crippen molar-refractivity contribution in [3.8, 4) is 0 Å². The number of esters is 1. The van der Waals surface area contributed by atoms with Crippen LogP contribution < -0.4 is 0 Å². The SMILES string of the molecule is Cc1ccc(C(=O)O[C@H](c2ccccc2)c2nccc3ccccc23)cc1. The van der Waals surface area contributed by atoms with E-state index in [1.165, 1.54) is 0 Å². The van der Waals surface area contributed by atoms with Gasteiger partial charge in [0.2, 0.25) is 0 Å². The lowest BCUT2D eigenvalue weighted by molar-refractivity contribution is 0.0373. The fourth-order valence-corrected chi connectivity index (χ4v) is 3.13. The van der Waals surface area contributed by atoms with Gasteiger partial charge in [-0.05, 0) is 36.1 Å². The number of aryl methyl sites for hydroxylation is 1. The fourth-order valence-electron chi connectivity index (χ4n) is 3.13. The van der Waals surface area contributed by atoms with Crippen molar-refractivity contribution in [3.63, 3.8) is 0 Å². The average molecular weight is 353 g/mol. The molecule has 0 spiro atoms. The number of pyridine rings is 1. The van der Waals surface area contributed by atoms with Gasteiger partial charge in [-0.2, -0.15) is 0 Å². The molecular formula is C24H19NO2. The Labute approximate surface area is 158 Å². The molecule has 0 bridgehead atoms. The number of ether oxygens (including phenoxy) is 1. The third-order valence-electron chi connectivity index (χ3n) is 4.57. The Balaban J connectivity index is 1.78. The summed E-state index contributed by atoms with van der Waals surface area (Å²) in [5.41, 5.74) is 3.25. The second-order valence-corrected chi connectivity index (χ2v) is 6.48. The van der Waals surface area contributed by atoms with E-state index in [0.29, 0.717) is 5.56 Å². The molecule has 0 saturated heterocycles. The van der Waals surface area contributed by atoms with Gasteiger partial charge in [0.15, 0.2) is 6.10 Å². The predicted octanol–water partition coefficient (Wildman–Crippen LogP) is 5.49. The summed E-state index contributed by atoms with van der Waals surface area (Å²) in [4.78, 5) is 17.4. The zero-order valence-corrected chi connectivity index (χ0v) is 15.0. The van der Waals surface area contributed by atoms with E-state index in [1.807, 2.05) is 79.7 Å². The van der Waals surface area contributed by atoms with Crippen LogP contribution >= 0.6 is 0 Å². The van der Waals surface area contributed by atoms with Crippen molar-refractivity contribution in [2.75, 3.05) is 0 Å². The molecule has 1 atom stereocenters. The highest BCUT2D eigenvalue weighted by Gasteiger charge is 2.23. The van der Waals surface area contributed by atoms with Gasteiger partial charge in [-0.1, -0.05) is 72.3 Å². The van der Waals surface area contributed by atoms with Gasteiger partial charge in [0.1, 0.15) is 0 Å². The van der Waals surface area contributed by atoms with Crippen molar-refractivity contribution in [3.05, 3.63) is 114 Å². The average Bonchev–Trinajstić information content (AvgIpc) is 2.73. The monoisotopic (exact) mass is 353 g/mol. The van der Waals surface area contributed by atoms with Crippen molar-refractivity contribution in [2.45, 2.75) is 13.0 Å². The smallest absolute Gasteiger partial charge is 0.339 e. The molecule has 3 aromatic carbocycles. The quantitative estimate of drug-likeness (QED) is 0.455. The number of nitrogens with zero attached hydrogens (tertiary/aromatic N) is 1. The van der Waals surface area contributed by atoms with Crippen molar-refractivity contribution in [1.29, 1.82) is 0 Å². The Morgan fingerprint density at radius 1 is 0.852 bits per heavy atom. The zero-order valence-electron chi connectivity index (χ0n) is 15.0. The van der Waals surface area contributed by atoms with Crippen LogP contribution in [-0.4, -0.2) is 11.0 Å². The maximum absolute atomic E-state index is 12.8. The van der Waals surface area contributed by atoms with Gasteiger partial charge in [-0.3, -0.25) is 4.98 Å². The molecule has 0 saturated carbocycles. The Bertz CT molecular complexity index is 1070. The molecule has 0 aliphatic rings. The summed E-state index contributed by atoms with van der Waals surface area (Å²) in [6.07, 6.45) is 1.18. The lowest BCUT2D eigenvalue weighted by Gasteiger charge is -2.19. The first-order valence-electron chi connectivity index (χ1n) is 8.88. The molecular weight excluding hydrogens is 334 g/mol. The number of carbonyl (C=O) groups is 1. The van der Waals surface area contributed by atoms with Gasteiger partial charge >= 0.3 is 5.97 Å². The van der Waals surface area contributed by atoms with Gasteiger partial charge in [0, 0.05) is 11.6 Å². The summed E-state index contributed by atoms with van der Waals surface area (Å²) in [6.45, 7) is 1.99. The maximum Gasteiger partial charge on any atom is 0.339 e. The number of hydrogen-bond donors (Lipinski definition) is 0. The lowest BCUT2D eigenvalue weighted by Crippen LogP contribution is -2.14. The van der Waals surface area contributed by atoms with E-state index >= 15 is 0 Å². The van der Waals surface area contributed by atoms with Crippen LogP contribution in [0.1, 0.15) is 33.3 Å². The van der Waals surface area contributed by atoms with Crippen LogP contribution in [-0.2, 0) is 4.74 Å². The summed E-state index contributed by atoms with van der Waals surface area (Å²) >= 11 is 0. The highest BCUT2D eigenvalue weighted by Crippen LogP contribution is 2.31. The third kappa shape index (κ3) is 3.58. The number of fused-ring (bicyclic) bond motifs is 1. The minimum Gasteiger partial charge on any atom is -0.447 e. The molecule has 0 aliphatic carbocycles. The van der Waals surface area contributed by atoms with E-state index in [2.05, 4.69) is 4.98 Å². The Kier molecular flexibility index (Phi) is 4.67. The molecule has 27 heavy (non-hydrogen) atoms. The van der Waals surface area contributed by atoms with E-state index in [0.717, 1.165) is 27.6 Å². The highest BCUT2D eigenvalue weighted by molar-refractivity contribution is 5.90. The normalized spacial score (nSPS) is 11.9. The summed E-state index contributed by atoms with van der Waals surface area (Å²) in [5.74, 6) is -0.362. The topological polar surface area (TPSA) is 39.2 Å². The van der Waals surface area contributed by atoms with E-state index in [9.17, 15) is 4.79 Å². The van der Waals surface area contributed by atoms with Crippen molar-refractivity contribution in [2.24, 2.45) is 0 Å². The van der Waals surface area contributed by atoms with Gasteiger partial charge in [0.05, 0.1) is 11.3 Å². The van der Waals surface area contributed by atoms with E-state index in [1.54, 1.807) is 18.3 Å². The van der Waals surface area contributed by atoms with Crippen LogP contribution in [0.4, 0.5) is 0 Å². The number of hydrogen-bond acceptors (Lipinski definition) is 3. The van der Waals surface area contributed by atoms with Crippen LogP contribution in [0.25, 0.3) is 10.8 Å². The van der Waals surface area contributed by atoms with Crippen molar-refractivity contribution < 1.29 is 9.53 Å². The zero-order chi connectivity index (χ0) is 18.6. The molecule has 0 amide bonds. The first-order valence-corrected chi connectivity index (χ1v) is 8.88. The molecule has 0 fully saturated rings. The molecule has 132 valence electrons. The molecule has 0 radical (unpaired) electrons. The molecule has 0 unspecified atom stereocenters.